The summed E-state index contributed by atoms with van der Waals surface area (Å²) < 4.78 is 5.10. The number of hydrogen-bond acceptors (Lipinski definition) is 6. The van der Waals surface area contributed by atoms with Gasteiger partial charge < -0.3 is 14.5 Å². The van der Waals surface area contributed by atoms with Crippen LogP contribution in [0.1, 0.15) is 36.6 Å². The zero-order valence-electron chi connectivity index (χ0n) is 17.3. The number of hydrogen-bond donors (Lipinski definition) is 0. The Hall–Kier alpha value is -3.68. The Morgan fingerprint density at radius 1 is 0.933 bits per heavy atom. The molecule has 8 heteroatoms. The van der Waals surface area contributed by atoms with Crippen LogP contribution in [0.15, 0.2) is 42.5 Å². The van der Waals surface area contributed by atoms with Gasteiger partial charge in [0, 0.05) is 40.4 Å². The van der Waals surface area contributed by atoms with Gasteiger partial charge in [0.1, 0.15) is 0 Å². The highest BCUT2D eigenvalue weighted by Gasteiger charge is 2.33. The highest BCUT2D eigenvalue weighted by molar-refractivity contribution is 6.21. The number of benzene rings is 2. The molecule has 3 amide bonds. The van der Waals surface area contributed by atoms with E-state index in [1.165, 1.54) is 30.1 Å². The fourth-order valence-electron chi connectivity index (χ4n) is 3.07. The van der Waals surface area contributed by atoms with Gasteiger partial charge in [-0.3, -0.25) is 19.3 Å². The molecular weight excluding hydrogens is 386 g/mol. The predicted molar refractivity (Wildman–Crippen MR) is 110 cm³/mol. The van der Waals surface area contributed by atoms with E-state index in [1.807, 2.05) is 43.3 Å². The van der Waals surface area contributed by atoms with Crippen molar-refractivity contribution in [1.82, 2.24) is 9.80 Å². The first-order valence-corrected chi connectivity index (χ1v) is 9.33. The smallest absolute Gasteiger partial charge is 0.338 e. The summed E-state index contributed by atoms with van der Waals surface area (Å²) in [6, 6.07) is 11.9. The third-order valence-corrected chi connectivity index (χ3v) is 4.95. The van der Waals surface area contributed by atoms with E-state index in [-0.39, 0.29) is 22.6 Å². The average molecular weight is 409 g/mol. The lowest BCUT2D eigenvalue weighted by Gasteiger charge is -2.18. The Balaban J connectivity index is 1.57. The summed E-state index contributed by atoms with van der Waals surface area (Å²) in [6.07, 6.45) is 0. The summed E-state index contributed by atoms with van der Waals surface area (Å²) >= 11 is 0. The molecule has 0 saturated carbocycles. The topological polar surface area (TPSA) is 87.2 Å². The Labute approximate surface area is 174 Å². The summed E-state index contributed by atoms with van der Waals surface area (Å²) in [7, 11) is 6.91. The molecule has 30 heavy (non-hydrogen) atoms. The van der Waals surface area contributed by atoms with E-state index in [9.17, 15) is 19.2 Å². The highest BCUT2D eigenvalue weighted by atomic mass is 16.5. The number of imide groups is 1. The monoisotopic (exact) mass is 409 g/mol. The van der Waals surface area contributed by atoms with Crippen LogP contribution in [-0.2, 0) is 16.1 Å². The number of likely N-dealkylation sites (N-methyl/N-ethyl adjacent to an activating group) is 1. The maximum absolute atomic E-state index is 12.3. The molecule has 0 spiro atoms. The molecule has 0 saturated heterocycles. The zero-order chi connectivity index (χ0) is 22.0. The molecule has 1 aliphatic heterocycles. The molecule has 0 aliphatic carbocycles. The van der Waals surface area contributed by atoms with E-state index >= 15 is 0 Å². The van der Waals surface area contributed by atoms with Gasteiger partial charge in [0.25, 0.3) is 17.7 Å². The molecule has 0 aromatic heterocycles. The molecule has 156 valence electrons. The molecular formula is C22H23N3O5. The van der Waals surface area contributed by atoms with Crippen molar-refractivity contribution in [1.29, 1.82) is 0 Å². The van der Waals surface area contributed by atoms with Crippen molar-refractivity contribution in [2.45, 2.75) is 6.54 Å². The van der Waals surface area contributed by atoms with Crippen molar-refractivity contribution < 1.29 is 23.9 Å². The van der Waals surface area contributed by atoms with E-state index in [4.69, 9.17) is 4.74 Å². The molecule has 8 nitrogen and oxygen atoms in total. The van der Waals surface area contributed by atoms with Crippen molar-refractivity contribution in [2.75, 3.05) is 39.7 Å². The van der Waals surface area contributed by atoms with Crippen LogP contribution in [0.25, 0.3) is 0 Å². The first-order valence-electron chi connectivity index (χ1n) is 9.33. The molecule has 0 fully saturated rings. The number of nitrogens with zero attached hydrogens (tertiary/aromatic N) is 3. The number of esters is 1. The van der Waals surface area contributed by atoms with Crippen molar-refractivity contribution in [2.24, 2.45) is 0 Å². The van der Waals surface area contributed by atoms with E-state index in [0.29, 0.717) is 6.54 Å². The number of fused-ring (bicyclic) bond motifs is 1. The largest absolute Gasteiger partial charge is 0.452 e. The molecule has 3 rings (SSSR count). The van der Waals surface area contributed by atoms with E-state index < -0.39 is 24.4 Å². The third kappa shape index (κ3) is 4.17. The van der Waals surface area contributed by atoms with Crippen LogP contribution in [0, 0.1) is 0 Å². The van der Waals surface area contributed by atoms with Gasteiger partial charge in [-0.1, -0.05) is 12.1 Å². The fraction of sp³-hybridized carbons (Fsp3) is 0.273. The number of anilines is 1. The lowest BCUT2D eigenvalue weighted by Crippen LogP contribution is -2.30. The molecule has 2 aromatic rings. The van der Waals surface area contributed by atoms with Crippen LogP contribution in [0.5, 0.6) is 0 Å². The number of carbonyl (C=O) groups excluding carboxylic acids is 4. The van der Waals surface area contributed by atoms with Crippen LogP contribution < -0.4 is 4.90 Å². The summed E-state index contributed by atoms with van der Waals surface area (Å²) in [4.78, 5) is 53.0. The quantitative estimate of drug-likeness (QED) is 0.534. The van der Waals surface area contributed by atoms with Crippen LogP contribution in [0.3, 0.4) is 0 Å². The second-order valence-corrected chi connectivity index (χ2v) is 7.32. The SMILES string of the molecule is CN(Cc1ccc(N(C)C)cc1)C(=O)COC(=O)c1ccc2c(c1)C(=O)N(C)C2=O. The third-order valence-electron chi connectivity index (χ3n) is 4.95. The lowest BCUT2D eigenvalue weighted by atomic mass is 10.1. The van der Waals surface area contributed by atoms with E-state index in [1.54, 1.807) is 7.05 Å². The van der Waals surface area contributed by atoms with E-state index in [2.05, 4.69) is 0 Å². The van der Waals surface area contributed by atoms with Crippen molar-refractivity contribution >= 4 is 29.4 Å². The molecule has 0 N–H and O–H groups in total. The summed E-state index contributed by atoms with van der Waals surface area (Å²) in [5.41, 5.74) is 2.52. The van der Waals surface area contributed by atoms with E-state index in [0.717, 1.165) is 16.2 Å². The standard InChI is InChI=1S/C22H23N3O5/c1-23(2)16-8-5-14(6-9-16)12-24(3)19(26)13-30-22(29)15-7-10-17-18(11-15)21(28)25(4)20(17)27/h5-11H,12-13H2,1-4H3. The highest BCUT2D eigenvalue weighted by Crippen LogP contribution is 2.23. The van der Waals surface area contributed by atoms with Gasteiger partial charge in [-0.2, -0.15) is 0 Å². The van der Waals surface area contributed by atoms with Gasteiger partial charge in [0.05, 0.1) is 16.7 Å². The normalized spacial score (nSPS) is 12.6. The maximum Gasteiger partial charge on any atom is 0.338 e. The lowest BCUT2D eigenvalue weighted by molar-refractivity contribution is -0.133. The van der Waals surface area contributed by atoms with Gasteiger partial charge in [0.15, 0.2) is 6.61 Å². The Bertz CT molecular complexity index is 1010. The Morgan fingerprint density at radius 2 is 1.57 bits per heavy atom. The molecule has 0 radical (unpaired) electrons. The zero-order valence-corrected chi connectivity index (χ0v) is 17.3. The number of rotatable bonds is 6. The Morgan fingerprint density at radius 3 is 2.20 bits per heavy atom. The average Bonchev–Trinajstić information content (AvgIpc) is 2.95. The minimum atomic E-state index is -0.732. The van der Waals surface area contributed by atoms with Gasteiger partial charge in [0.2, 0.25) is 0 Å². The minimum Gasteiger partial charge on any atom is -0.452 e. The first kappa shape index (κ1) is 21.0. The van der Waals surface area contributed by atoms with Crippen molar-refractivity contribution in [3.63, 3.8) is 0 Å². The molecule has 0 bridgehead atoms. The molecule has 2 aromatic carbocycles. The predicted octanol–water partition coefficient (Wildman–Crippen LogP) is 1.79. The van der Waals surface area contributed by atoms with Crippen LogP contribution in [0.2, 0.25) is 0 Å². The molecule has 1 aliphatic rings. The van der Waals surface area contributed by atoms with Gasteiger partial charge in [-0.15, -0.1) is 0 Å². The first-order chi connectivity index (χ1) is 14.2. The van der Waals surface area contributed by atoms with Crippen molar-refractivity contribution in [3.8, 4) is 0 Å². The van der Waals surface area contributed by atoms with Crippen molar-refractivity contribution in [3.05, 3.63) is 64.7 Å². The number of amides is 3. The summed E-state index contributed by atoms with van der Waals surface area (Å²) in [5.74, 6) is -1.97. The van der Waals surface area contributed by atoms with Gasteiger partial charge >= 0.3 is 5.97 Å². The maximum atomic E-state index is 12.3. The van der Waals surface area contributed by atoms with Crippen LogP contribution in [-0.4, -0.2) is 68.3 Å². The van der Waals surface area contributed by atoms with Crippen LogP contribution in [0.4, 0.5) is 5.69 Å². The molecule has 1 heterocycles. The fourth-order valence-corrected chi connectivity index (χ4v) is 3.07. The molecule has 0 atom stereocenters. The van der Waals surface area contributed by atoms with Crippen LogP contribution >= 0.6 is 0 Å². The number of carbonyl (C=O) groups is 4. The summed E-state index contributed by atoms with van der Waals surface area (Å²) in [5, 5.41) is 0. The van der Waals surface area contributed by atoms with Gasteiger partial charge in [-0.25, -0.2) is 4.79 Å². The number of ether oxygens (including phenoxy) is 1. The molecule has 0 unspecified atom stereocenters. The Kier molecular flexibility index (Phi) is 5.86. The second kappa shape index (κ2) is 8.36. The summed E-state index contributed by atoms with van der Waals surface area (Å²) in [6.45, 7) is -0.0408. The van der Waals surface area contributed by atoms with Gasteiger partial charge in [-0.05, 0) is 35.9 Å². The minimum absolute atomic E-state index is 0.111. The second-order valence-electron chi connectivity index (χ2n) is 7.32.